The van der Waals surface area contributed by atoms with Crippen LogP contribution in [0.15, 0.2) is 0 Å². The van der Waals surface area contributed by atoms with Crippen molar-refractivity contribution in [3.8, 4) is 0 Å². The minimum atomic E-state index is 0.461. The molecule has 5 atom stereocenters. The van der Waals surface area contributed by atoms with E-state index in [1.165, 1.54) is 70.6 Å². The van der Waals surface area contributed by atoms with Gasteiger partial charge in [0.2, 0.25) is 0 Å². The summed E-state index contributed by atoms with van der Waals surface area (Å²) < 4.78 is 6.01. The maximum Gasteiger partial charge on any atom is 0.0632 e. The van der Waals surface area contributed by atoms with Gasteiger partial charge in [0.25, 0.3) is 0 Å². The molecule has 0 aromatic heterocycles. The number of fused-ring (bicyclic) bond motifs is 1. The van der Waals surface area contributed by atoms with Crippen LogP contribution in [0.25, 0.3) is 0 Å². The Labute approximate surface area is 167 Å². The Morgan fingerprint density at radius 3 is 2.15 bits per heavy atom. The standard InChI is InChI=1S/C21H40O.2C2H6/c1-6-8-9-10-12-17(3)18-14-16-21(7-2)19(22-5)13-11-15-20(18,21)4;2*1-2/h17-19H,6-16H2,1-5H3;2*1-2H3/t17-,18-,19+,20-,21+;;/m1../s1. The van der Waals surface area contributed by atoms with Crippen LogP contribution >= 0.6 is 0 Å². The Hall–Kier alpha value is -0.0400. The van der Waals surface area contributed by atoms with Crippen molar-refractivity contribution in [3.63, 3.8) is 0 Å². The molecule has 0 unspecified atom stereocenters. The molecule has 0 aliphatic heterocycles. The van der Waals surface area contributed by atoms with Gasteiger partial charge in [-0.25, -0.2) is 0 Å². The smallest absolute Gasteiger partial charge is 0.0632 e. The maximum atomic E-state index is 6.01. The first-order valence-corrected chi connectivity index (χ1v) is 12.1. The van der Waals surface area contributed by atoms with Gasteiger partial charge in [0.15, 0.2) is 0 Å². The van der Waals surface area contributed by atoms with E-state index in [1.807, 2.05) is 34.8 Å². The molecule has 0 aromatic rings. The Morgan fingerprint density at radius 1 is 0.962 bits per heavy atom. The van der Waals surface area contributed by atoms with Crippen molar-refractivity contribution in [2.45, 2.75) is 132 Å². The summed E-state index contributed by atoms with van der Waals surface area (Å²) in [7, 11) is 1.95. The highest BCUT2D eigenvalue weighted by Gasteiger charge is 2.61. The zero-order valence-corrected chi connectivity index (χ0v) is 19.9. The quantitative estimate of drug-likeness (QED) is 0.389. The molecular formula is C25H52O. The van der Waals surface area contributed by atoms with E-state index in [-0.39, 0.29) is 0 Å². The highest BCUT2D eigenvalue weighted by Crippen LogP contribution is 2.67. The fourth-order valence-corrected chi connectivity index (χ4v) is 6.44. The lowest BCUT2D eigenvalue weighted by Gasteiger charge is -2.55. The first-order valence-electron chi connectivity index (χ1n) is 12.1. The Kier molecular flexibility index (Phi) is 13.2. The molecule has 2 rings (SSSR count). The van der Waals surface area contributed by atoms with Crippen LogP contribution in [0.2, 0.25) is 0 Å². The molecule has 1 nitrogen and oxygen atoms in total. The second kappa shape index (κ2) is 13.2. The Balaban J connectivity index is 0.00000146. The van der Waals surface area contributed by atoms with E-state index >= 15 is 0 Å². The van der Waals surface area contributed by atoms with Crippen LogP contribution in [0.4, 0.5) is 0 Å². The molecule has 0 heterocycles. The molecule has 0 spiro atoms. The van der Waals surface area contributed by atoms with Crippen molar-refractivity contribution < 1.29 is 4.74 Å². The molecule has 0 radical (unpaired) electrons. The number of unbranched alkanes of at least 4 members (excludes halogenated alkanes) is 3. The summed E-state index contributed by atoms with van der Waals surface area (Å²) in [6, 6.07) is 0. The lowest BCUT2D eigenvalue weighted by molar-refractivity contribution is -0.126. The van der Waals surface area contributed by atoms with Crippen molar-refractivity contribution in [1.82, 2.24) is 0 Å². The molecule has 0 N–H and O–H groups in total. The van der Waals surface area contributed by atoms with Crippen molar-refractivity contribution in [2.24, 2.45) is 22.7 Å². The summed E-state index contributed by atoms with van der Waals surface area (Å²) in [6.45, 7) is 17.9. The van der Waals surface area contributed by atoms with E-state index in [4.69, 9.17) is 4.74 Å². The largest absolute Gasteiger partial charge is 0.381 e. The van der Waals surface area contributed by atoms with E-state index in [2.05, 4.69) is 27.7 Å². The van der Waals surface area contributed by atoms with Crippen molar-refractivity contribution >= 4 is 0 Å². The van der Waals surface area contributed by atoms with Crippen LogP contribution in [0.5, 0.6) is 0 Å². The first-order chi connectivity index (χ1) is 12.6. The second-order valence-corrected chi connectivity index (χ2v) is 8.52. The predicted octanol–water partition coefficient (Wildman–Crippen LogP) is 8.66. The van der Waals surface area contributed by atoms with Crippen LogP contribution in [-0.2, 0) is 4.74 Å². The Bertz CT molecular complexity index is 339. The number of hydrogen-bond acceptors (Lipinski definition) is 1. The minimum Gasteiger partial charge on any atom is -0.381 e. The summed E-state index contributed by atoms with van der Waals surface area (Å²) in [5, 5.41) is 0. The van der Waals surface area contributed by atoms with E-state index in [0.29, 0.717) is 16.9 Å². The van der Waals surface area contributed by atoms with Crippen molar-refractivity contribution in [3.05, 3.63) is 0 Å². The maximum absolute atomic E-state index is 6.01. The third kappa shape index (κ3) is 5.27. The molecule has 2 aliphatic rings. The Morgan fingerprint density at radius 2 is 1.62 bits per heavy atom. The summed E-state index contributed by atoms with van der Waals surface area (Å²) >= 11 is 0. The van der Waals surface area contributed by atoms with Gasteiger partial charge in [-0.2, -0.15) is 0 Å². The van der Waals surface area contributed by atoms with Gasteiger partial charge in [-0.15, -0.1) is 0 Å². The number of ether oxygens (including phenoxy) is 1. The van der Waals surface area contributed by atoms with Crippen LogP contribution in [0, 0.1) is 22.7 Å². The van der Waals surface area contributed by atoms with Gasteiger partial charge in [-0.1, -0.05) is 93.9 Å². The summed E-state index contributed by atoms with van der Waals surface area (Å²) in [4.78, 5) is 0. The van der Waals surface area contributed by atoms with Crippen molar-refractivity contribution in [2.75, 3.05) is 7.11 Å². The fourth-order valence-electron chi connectivity index (χ4n) is 6.44. The van der Waals surface area contributed by atoms with Gasteiger partial charge in [0.1, 0.15) is 0 Å². The summed E-state index contributed by atoms with van der Waals surface area (Å²) in [6.07, 6.45) is 15.8. The average Bonchev–Trinajstić information content (AvgIpc) is 3.01. The van der Waals surface area contributed by atoms with E-state index < -0.39 is 0 Å². The lowest BCUT2D eigenvalue weighted by atomic mass is 9.52. The predicted molar refractivity (Wildman–Crippen MR) is 119 cm³/mol. The molecule has 2 fully saturated rings. The topological polar surface area (TPSA) is 9.23 Å². The van der Waals surface area contributed by atoms with Gasteiger partial charge >= 0.3 is 0 Å². The van der Waals surface area contributed by atoms with E-state index in [0.717, 1.165) is 11.8 Å². The minimum absolute atomic E-state index is 0.461. The average molecular weight is 369 g/mol. The summed E-state index contributed by atoms with van der Waals surface area (Å²) in [5.41, 5.74) is 0.979. The zero-order valence-electron chi connectivity index (χ0n) is 19.9. The molecule has 2 saturated carbocycles. The zero-order chi connectivity index (χ0) is 20.2. The highest BCUT2D eigenvalue weighted by molar-refractivity contribution is 5.10. The molecule has 0 bridgehead atoms. The molecule has 1 heteroatoms. The molecule has 0 amide bonds. The first kappa shape index (κ1) is 26.0. The van der Waals surface area contributed by atoms with Gasteiger partial charge < -0.3 is 4.74 Å². The van der Waals surface area contributed by atoms with Crippen LogP contribution < -0.4 is 0 Å². The highest BCUT2D eigenvalue weighted by atomic mass is 16.5. The molecule has 158 valence electrons. The van der Waals surface area contributed by atoms with Crippen LogP contribution in [0.3, 0.4) is 0 Å². The third-order valence-corrected chi connectivity index (χ3v) is 7.75. The van der Waals surface area contributed by atoms with E-state index in [1.54, 1.807) is 0 Å². The van der Waals surface area contributed by atoms with Crippen LogP contribution in [-0.4, -0.2) is 13.2 Å². The summed E-state index contributed by atoms with van der Waals surface area (Å²) in [5.74, 6) is 1.82. The van der Waals surface area contributed by atoms with Crippen LogP contribution in [0.1, 0.15) is 126 Å². The molecule has 0 aromatic carbocycles. The van der Waals surface area contributed by atoms with Gasteiger partial charge in [-0.05, 0) is 49.4 Å². The second-order valence-electron chi connectivity index (χ2n) is 8.52. The monoisotopic (exact) mass is 368 g/mol. The van der Waals surface area contributed by atoms with Crippen molar-refractivity contribution in [1.29, 1.82) is 0 Å². The molecule has 0 saturated heterocycles. The van der Waals surface area contributed by atoms with E-state index in [9.17, 15) is 0 Å². The molecule has 2 aliphatic carbocycles. The fraction of sp³-hybridized carbons (Fsp3) is 1.00. The SMILES string of the molecule is CC.CC.CCCCCC[C@@H](C)[C@H]1CC[C@@]2(CC)[C@@H](OC)CCC[C@]12C. The third-order valence-electron chi connectivity index (χ3n) is 7.75. The molecule has 26 heavy (non-hydrogen) atoms. The molecular weight excluding hydrogens is 316 g/mol. The number of rotatable bonds is 8. The van der Waals surface area contributed by atoms with Gasteiger partial charge in [0.05, 0.1) is 6.10 Å². The number of methoxy groups -OCH3 is 1. The number of hydrogen-bond donors (Lipinski definition) is 0. The lowest BCUT2D eigenvalue weighted by Crippen LogP contribution is -2.51. The normalized spacial score (nSPS) is 34.0. The van der Waals surface area contributed by atoms with Gasteiger partial charge in [0, 0.05) is 12.5 Å². The van der Waals surface area contributed by atoms with Gasteiger partial charge in [-0.3, -0.25) is 0 Å².